The smallest absolute Gasteiger partial charge is 0.396 e. The predicted molar refractivity (Wildman–Crippen MR) is 75.0 cm³/mol. The molecule has 124 valence electrons. The molecule has 0 bridgehead atoms. The van der Waals surface area contributed by atoms with Crippen molar-refractivity contribution in [3.63, 3.8) is 0 Å². The van der Waals surface area contributed by atoms with Crippen molar-refractivity contribution in [2.24, 2.45) is 11.8 Å². The Hall–Kier alpha value is -0.830. The lowest BCUT2D eigenvalue weighted by atomic mass is 10.00. The van der Waals surface area contributed by atoms with Crippen molar-refractivity contribution in [3.8, 4) is 0 Å². The van der Waals surface area contributed by atoms with E-state index < -0.39 is 26.7 Å². The maximum atomic E-state index is 12.8. The van der Waals surface area contributed by atoms with E-state index in [2.05, 4.69) is 0 Å². The van der Waals surface area contributed by atoms with Gasteiger partial charge in [-0.3, -0.25) is 0 Å². The first-order valence-electron chi connectivity index (χ1n) is 6.55. The van der Waals surface area contributed by atoms with Crippen molar-refractivity contribution in [2.45, 2.75) is 18.0 Å². The molecule has 0 unspecified atom stereocenters. The van der Waals surface area contributed by atoms with E-state index in [0.717, 1.165) is 16.4 Å². The van der Waals surface area contributed by atoms with Gasteiger partial charge >= 0.3 is 6.18 Å². The largest absolute Gasteiger partial charge is 0.416 e. The highest BCUT2D eigenvalue weighted by Gasteiger charge is 2.39. The van der Waals surface area contributed by atoms with Crippen LogP contribution in [0.3, 0.4) is 0 Å². The van der Waals surface area contributed by atoms with E-state index in [4.69, 9.17) is 11.6 Å². The number of aliphatic hydroxyl groups is 1. The molecule has 9 heteroatoms. The molecule has 2 rings (SSSR count). The van der Waals surface area contributed by atoms with Crippen molar-refractivity contribution < 1.29 is 26.7 Å². The summed E-state index contributed by atoms with van der Waals surface area (Å²) < 4.78 is 64.4. The topological polar surface area (TPSA) is 57.6 Å². The van der Waals surface area contributed by atoms with Gasteiger partial charge in [0, 0.05) is 19.7 Å². The summed E-state index contributed by atoms with van der Waals surface area (Å²) in [6.45, 7) is 1.81. The number of rotatable bonds is 3. The van der Waals surface area contributed by atoms with Crippen LogP contribution >= 0.6 is 11.6 Å². The molecule has 1 aliphatic heterocycles. The van der Waals surface area contributed by atoms with Crippen LogP contribution in [0.1, 0.15) is 12.5 Å². The minimum absolute atomic E-state index is 0.0621. The van der Waals surface area contributed by atoms with Gasteiger partial charge in [0.2, 0.25) is 10.0 Å². The SMILES string of the molecule is C[C@@H]1CN(S(=O)(=O)c2cc(C(F)(F)F)ccc2Cl)C[C@H]1CO. The monoisotopic (exact) mass is 357 g/mol. The van der Waals surface area contributed by atoms with E-state index in [9.17, 15) is 26.7 Å². The zero-order chi connectivity index (χ0) is 16.7. The van der Waals surface area contributed by atoms with Gasteiger partial charge in [-0.25, -0.2) is 8.42 Å². The van der Waals surface area contributed by atoms with Gasteiger partial charge in [0.15, 0.2) is 0 Å². The predicted octanol–water partition coefficient (Wildman–Crippen LogP) is 2.61. The van der Waals surface area contributed by atoms with E-state index in [1.807, 2.05) is 0 Å². The van der Waals surface area contributed by atoms with Crippen molar-refractivity contribution in [2.75, 3.05) is 19.7 Å². The molecule has 0 aromatic heterocycles. The fraction of sp³-hybridized carbons (Fsp3) is 0.538. The van der Waals surface area contributed by atoms with Crippen LogP contribution in [0.2, 0.25) is 5.02 Å². The molecule has 0 spiro atoms. The number of benzene rings is 1. The van der Waals surface area contributed by atoms with E-state index in [1.54, 1.807) is 6.92 Å². The van der Waals surface area contributed by atoms with Crippen LogP contribution in [0.25, 0.3) is 0 Å². The summed E-state index contributed by atoms with van der Waals surface area (Å²) in [4.78, 5) is -0.560. The second-order valence-corrected chi connectivity index (χ2v) is 7.70. The Morgan fingerprint density at radius 2 is 2.00 bits per heavy atom. The van der Waals surface area contributed by atoms with Gasteiger partial charge in [0.1, 0.15) is 4.90 Å². The highest BCUT2D eigenvalue weighted by atomic mass is 35.5. The normalized spacial score (nSPS) is 23.9. The summed E-state index contributed by atoms with van der Waals surface area (Å²) in [6.07, 6.45) is -4.65. The highest BCUT2D eigenvalue weighted by molar-refractivity contribution is 7.89. The molecular weight excluding hydrogens is 343 g/mol. The molecule has 22 heavy (non-hydrogen) atoms. The third kappa shape index (κ3) is 3.24. The van der Waals surface area contributed by atoms with Crippen molar-refractivity contribution in [1.82, 2.24) is 4.31 Å². The molecular formula is C13H15ClF3NO3S. The minimum Gasteiger partial charge on any atom is -0.396 e. The second kappa shape index (κ2) is 5.99. The van der Waals surface area contributed by atoms with Crippen LogP contribution in [0.15, 0.2) is 23.1 Å². The average Bonchev–Trinajstić information content (AvgIpc) is 2.79. The number of hydrogen-bond acceptors (Lipinski definition) is 3. The molecule has 2 atom stereocenters. The van der Waals surface area contributed by atoms with Gasteiger partial charge in [-0.1, -0.05) is 18.5 Å². The highest BCUT2D eigenvalue weighted by Crippen LogP contribution is 2.36. The minimum atomic E-state index is -4.65. The summed E-state index contributed by atoms with van der Waals surface area (Å²) in [5.41, 5.74) is -1.07. The van der Waals surface area contributed by atoms with Crippen LogP contribution in [0.4, 0.5) is 13.2 Å². The maximum Gasteiger partial charge on any atom is 0.416 e. The second-order valence-electron chi connectivity index (χ2n) is 5.38. The zero-order valence-corrected chi connectivity index (χ0v) is 13.2. The summed E-state index contributed by atoms with van der Waals surface area (Å²) in [5, 5.41) is 8.94. The van der Waals surface area contributed by atoms with E-state index >= 15 is 0 Å². The van der Waals surface area contributed by atoms with Crippen LogP contribution in [0, 0.1) is 11.8 Å². The lowest BCUT2D eigenvalue weighted by molar-refractivity contribution is -0.137. The Kier molecular flexibility index (Phi) is 4.77. The van der Waals surface area contributed by atoms with Gasteiger partial charge in [-0.2, -0.15) is 17.5 Å². The summed E-state index contributed by atoms with van der Waals surface area (Å²) in [7, 11) is -4.14. The first kappa shape index (κ1) is 17.5. The lowest BCUT2D eigenvalue weighted by Gasteiger charge is -2.18. The summed E-state index contributed by atoms with van der Waals surface area (Å²) in [5.74, 6) is -0.316. The number of nitrogens with zero attached hydrogens (tertiary/aromatic N) is 1. The van der Waals surface area contributed by atoms with Crippen LogP contribution in [-0.2, 0) is 16.2 Å². The Balaban J connectivity index is 2.42. The molecule has 0 saturated carbocycles. The Labute approximate surface area is 131 Å². The first-order valence-corrected chi connectivity index (χ1v) is 8.37. The lowest BCUT2D eigenvalue weighted by Crippen LogP contribution is -2.30. The zero-order valence-electron chi connectivity index (χ0n) is 11.6. The van der Waals surface area contributed by atoms with Crippen molar-refractivity contribution in [3.05, 3.63) is 28.8 Å². The van der Waals surface area contributed by atoms with Gasteiger partial charge in [0.05, 0.1) is 10.6 Å². The van der Waals surface area contributed by atoms with E-state index in [-0.39, 0.29) is 36.6 Å². The third-order valence-corrected chi connectivity index (χ3v) is 6.16. The standard InChI is InChI=1S/C13H15ClF3NO3S/c1-8-5-18(6-9(8)7-19)22(20,21)12-4-10(13(15,16)17)2-3-11(12)14/h2-4,8-9,19H,5-7H2,1H3/t8-,9+/m1/s1. The van der Waals surface area contributed by atoms with Gasteiger partial charge in [-0.05, 0) is 30.0 Å². The molecule has 0 amide bonds. The summed E-state index contributed by atoms with van der Waals surface area (Å²) in [6, 6.07) is 2.22. The Morgan fingerprint density at radius 3 is 2.50 bits per heavy atom. The Morgan fingerprint density at radius 1 is 1.36 bits per heavy atom. The van der Waals surface area contributed by atoms with Crippen molar-refractivity contribution in [1.29, 1.82) is 0 Å². The van der Waals surface area contributed by atoms with Crippen LogP contribution in [-0.4, -0.2) is 37.5 Å². The van der Waals surface area contributed by atoms with E-state index in [1.165, 1.54) is 0 Å². The summed E-state index contributed by atoms with van der Waals surface area (Å²) >= 11 is 5.79. The maximum absolute atomic E-state index is 12.8. The molecule has 1 fully saturated rings. The molecule has 1 heterocycles. The Bertz CT molecular complexity index is 663. The van der Waals surface area contributed by atoms with Gasteiger partial charge in [-0.15, -0.1) is 0 Å². The van der Waals surface area contributed by atoms with Crippen LogP contribution in [0.5, 0.6) is 0 Å². The number of sulfonamides is 1. The van der Waals surface area contributed by atoms with Crippen LogP contribution < -0.4 is 0 Å². The molecule has 1 aromatic rings. The van der Waals surface area contributed by atoms with Gasteiger partial charge in [0.25, 0.3) is 0 Å². The molecule has 1 N–H and O–H groups in total. The van der Waals surface area contributed by atoms with Crippen molar-refractivity contribution >= 4 is 21.6 Å². The quantitative estimate of drug-likeness (QED) is 0.904. The molecule has 1 saturated heterocycles. The fourth-order valence-corrected chi connectivity index (χ4v) is 4.53. The number of aliphatic hydroxyl groups excluding tert-OH is 1. The number of halogens is 4. The first-order chi connectivity index (χ1) is 10.1. The fourth-order valence-electron chi connectivity index (χ4n) is 2.44. The molecule has 0 aliphatic carbocycles. The average molecular weight is 358 g/mol. The van der Waals surface area contributed by atoms with E-state index in [0.29, 0.717) is 6.07 Å². The number of alkyl halides is 3. The molecule has 0 radical (unpaired) electrons. The third-order valence-electron chi connectivity index (χ3n) is 3.85. The molecule has 1 aliphatic rings. The van der Waals surface area contributed by atoms with Gasteiger partial charge < -0.3 is 5.11 Å². The molecule has 4 nitrogen and oxygen atoms in total. The molecule has 1 aromatic carbocycles. The number of hydrogen-bond donors (Lipinski definition) is 1.